The summed E-state index contributed by atoms with van der Waals surface area (Å²) in [6, 6.07) is 0. The molecule has 0 aromatic rings. The third-order valence-electron chi connectivity index (χ3n) is 2.63. The molecule has 0 heteroatoms. The normalized spacial score (nSPS) is 12.0. The van der Waals surface area contributed by atoms with Gasteiger partial charge in [-0.15, -0.1) is 0 Å². The first-order valence-electron chi connectivity index (χ1n) is 5.41. The number of unbranched alkanes of at least 4 members (excludes halogenated alkanes) is 4. The molecule has 0 amide bonds. The zero-order valence-electron chi connectivity index (χ0n) is 9.16. The highest BCUT2D eigenvalue weighted by atomic mass is 14.2. The van der Waals surface area contributed by atoms with Crippen LogP contribution in [0.3, 0.4) is 0 Å². The topological polar surface area (TPSA) is 0 Å². The molecular formula is C12H25. The first-order valence-corrected chi connectivity index (χ1v) is 5.41. The van der Waals surface area contributed by atoms with Crippen LogP contribution in [0.1, 0.15) is 65.7 Å². The Balaban J connectivity index is 3.19. The molecule has 0 unspecified atom stereocenters. The van der Waals surface area contributed by atoms with Gasteiger partial charge >= 0.3 is 0 Å². The monoisotopic (exact) mass is 169 g/mol. The minimum atomic E-state index is 0.478. The molecule has 0 aromatic carbocycles. The lowest BCUT2D eigenvalue weighted by atomic mass is 9.84. The van der Waals surface area contributed by atoms with Crippen molar-refractivity contribution in [2.45, 2.75) is 65.7 Å². The zero-order chi connectivity index (χ0) is 9.45. The maximum atomic E-state index is 3.97. The van der Waals surface area contributed by atoms with Gasteiger partial charge in [-0.1, -0.05) is 59.8 Å². The van der Waals surface area contributed by atoms with E-state index < -0.39 is 0 Å². The van der Waals surface area contributed by atoms with Crippen LogP contribution in [0.2, 0.25) is 0 Å². The Morgan fingerprint density at radius 2 is 1.58 bits per heavy atom. The highest BCUT2D eigenvalue weighted by molar-refractivity contribution is 4.69. The summed E-state index contributed by atoms with van der Waals surface area (Å²) in [5, 5.41) is 0. The summed E-state index contributed by atoms with van der Waals surface area (Å²) in [5.41, 5.74) is 0.478. The molecule has 0 aliphatic carbocycles. The van der Waals surface area contributed by atoms with Gasteiger partial charge in [-0.3, -0.25) is 0 Å². The van der Waals surface area contributed by atoms with Gasteiger partial charge < -0.3 is 0 Å². The second kappa shape index (κ2) is 6.51. The average molecular weight is 169 g/mol. The van der Waals surface area contributed by atoms with Gasteiger partial charge in [-0.25, -0.2) is 0 Å². The van der Waals surface area contributed by atoms with E-state index >= 15 is 0 Å². The third kappa shape index (κ3) is 6.69. The lowest BCUT2D eigenvalue weighted by molar-refractivity contribution is 0.322. The van der Waals surface area contributed by atoms with Crippen molar-refractivity contribution in [3.63, 3.8) is 0 Å². The van der Waals surface area contributed by atoms with E-state index in [-0.39, 0.29) is 0 Å². The quantitative estimate of drug-likeness (QED) is 0.489. The summed E-state index contributed by atoms with van der Waals surface area (Å²) in [4.78, 5) is 0. The van der Waals surface area contributed by atoms with Crippen LogP contribution in [-0.2, 0) is 0 Å². The molecule has 1 radical (unpaired) electrons. The molecular weight excluding hydrogens is 144 g/mol. The molecule has 0 saturated heterocycles. The van der Waals surface area contributed by atoms with Crippen LogP contribution in [-0.4, -0.2) is 0 Å². The maximum absolute atomic E-state index is 3.97. The van der Waals surface area contributed by atoms with E-state index in [9.17, 15) is 0 Å². The predicted octanol–water partition coefficient (Wildman–Crippen LogP) is 4.60. The van der Waals surface area contributed by atoms with Gasteiger partial charge in [-0.2, -0.15) is 0 Å². The van der Waals surface area contributed by atoms with Crippen molar-refractivity contribution in [3.8, 4) is 0 Å². The van der Waals surface area contributed by atoms with E-state index in [4.69, 9.17) is 0 Å². The van der Waals surface area contributed by atoms with Crippen molar-refractivity contribution in [3.05, 3.63) is 6.92 Å². The Labute approximate surface area is 78.8 Å². The standard InChI is InChI=1S/C12H25/c1-5-7-8-9-10-11-12(3,4)6-2/h2,5-11H2,1,3-4H3. The average Bonchev–Trinajstić information content (AvgIpc) is 2.04. The Bertz CT molecular complexity index is 92.2. The van der Waals surface area contributed by atoms with Crippen LogP contribution in [0.25, 0.3) is 0 Å². The fraction of sp³-hybridized carbons (Fsp3) is 0.917. The molecule has 0 aliphatic heterocycles. The Hall–Kier alpha value is 0. The fourth-order valence-corrected chi connectivity index (χ4v) is 1.33. The van der Waals surface area contributed by atoms with Crippen LogP contribution < -0.4 is 0 Å². The smallest absolute Gasteiger partial charge is 0.0354 e. The van der Waals surface area contributed by atoms with Crippen molar-refractivity contribution in [2.24, 2.45) is 5.41 Å². The molecule has 0 aliphatic rings. The van der Waals surface area contributed by atoms with Crippen molar-refractivity contribution in [1.29, 1.82) is 0 Å². The van der Waals surface area contributed by atoms with Crippen LogP contribution in [0, 0.1) is 12.3 Å². The summed E-state index contributed by atoms with van der Waals surface area (Å²) in [5.74, 6) is 0. The molecule has 0 atom stereocenters. The Kier molecular flexibility index (Phi) is 6.51. The second-order valence-corrected chi connectivity index (χ2v) is 4.58. The van der Waals surface area contributed by atoms with E-state index in [0.717, 1.165) is 6.42 Å². The molecule has 0 spiro atoms. The van der Waals surface area contributed by atoms with E-state index in [1.54, 1.807) is 0 Å². The van der Waals surface area contributed by atoms with Gasteiger partial charge in [0.15, 0.2) is 0 Å². The number of hydrogen-bond acceptors (Lipinski definition) is 0. The van der Waals surface area contributed by atoms with Gasteiger partial charge in [0.2, 0.25) is 0 Å². The molecule has 0 fully saturated rings. The third-order valence-corrected chi connectivity index (χ3v) is 2.63. The van der Waals surface area contributed by atoms with E-state index in [1.165, 1.54) is 38.5 Å². The lowest BCUT2D eigenvalue weighted by Gasteiger charge is -2.21. The predicted molar refractivity (Wildman–Crippen MR) is 57.1 cm³/mol. The number of hydrogen-bond donors (Lipinski definition) is 0. The van der Waals surface area contributed by atoms with Gasteiger partial charge in [0.25, 0.3) is 0 Å². The van der Waals surface area contributed by atoms with Gasteiger partial charge in [-0.05, 0) is 18.3 Å². The van der Waals surface area contributed by atoms with Crippen molar-refractivity contribution in [2.75, 3.05) is 0 Å². The van der Waals surface area contributed by atoms with E-state index in [2.05, 4.69) is 27.7 Å². The molecule has 0 heterocycles. The van der Waals surface area contributed by atoms with E-state index in [1.807, 2.05) is 0 Å². The summed E-state index contributed by atoms with van der Waals surface area (Å²) in [6.07, 6.45) is 9.40. The van der Waals surface area contributed by atoms with Crippen molar-refractivity contribution >= 4 is 0 Å². The molecule has 0 saturated carbocycles. The molecule has 0 N–H and O–H groups in total. The minimum absolute atomic E-state index is 0.478. The van der Waals surface area contributed by atoms with Crippen LogP contribution in [0.4, 0.5) is 0 Å². The summed E-state index contributed by atoms with van der Waals surface area (Å²) in [6.45, 7) is 10.9. The minimum Gasteiger partial charge on any atom is -0.0654 e. The summed E-state index contributed by atoms with van der Waals surface area (Å²) in [7, 11) is 0. The Morgan fingerprint density at radius 3 is 2.08 bits per heavy atom. The van der Waals surface area contributed by atoms with Crippen LogP contribution in [0.15, 0.2) is 0 Å². The fourth-order valence-electron chi connectivity index (χ4n) is 1.33. The van der Waals surface area contributed by atoms with Gasteiger partial charge in [0, 0.05) is 0 Å². The van der Waals surface area contributed by atoms with Crippen LogP contribution >= 0.6 is 0 Å². The zero-order valence-corrected chi connectivity index (χ0v) is 9.16. The van der Waals surface area contributed by atoms with Crippen LogP contribution in [0.5, 0.6) is 0 Å². The second-order valence-electron chi connectivity index (χ2n) is 4.58. The Morgan fingerprint density at radius 1 is 1.00 bits per heavy atom. The molecule has 73 valence electrons. The molecule has 0 nitrogen and oxygen atoms in total. The largest absolute Gasteiger partial charge is 0.0654 e. The highest BCUT2D eigenvalue weighted by Crippen LogP contribution is 2.26. The first-order chi connectivity index (χ1) is 5.62. The highest BCUT2D eigenvalue weighted by Gasteiger charge is 2.13. The van der Waals surface area contributed by atoms with Crippen molar-refractivity contribution in [1.82, 2.24) is 0 Å². The maximum Gasteiger partial charge on any atom is -0.0354 e. The first kappa shape index (κ1) is 12.0. The van der Waals surface area contributed by atoms with Gasteiger partial charge in [0.05, 0.1) is 0 Å². The SMILES string of the molecule is [CH2]CC(C)(C)CCCCCCC. The summed E-state index contributed by atoms with van der Waals surface area (Å²) >= 11 is 0. The lowest BCUT2D eigenvalue weighted by Crippen LogP contribution is -2.08. The summed E-state index contributed by atoms with van der Waals surface area (Å²) < 4.78 is 0. The van der Waals surface area contributed by atoms with Gasteiger partial charge in [0.1, 0.15) is 0 Å². The molecule has 0 bridgehead atoms. The van der Waals surface area contributed by atoms with E-state index in [0.29, 0.717) is 5.41 Å². The molecule has 0 aromatic heterocycles. The van der Waals surface area contributed by atoms with Crippen molar-refractivity contribution < 1.29 is 0 Å². The molecule has 12 heavy (non-hydrogen) atoms. The number of rotatable bonds is 7. The molecule has 0 rings (SSSR count).